The van der Waals surface area contributed by atoms with Gasteiger partial charge in [-0.3, -0.25) is 4.79 Å². The molecule has 1 aromatic carbocycles. The number of hydrogen-bond acceptors (Lipinski definition) is 3. The topological polar surface area (TPSA) is 57.4 Å². The molecule has 0 bridgehead atoms. The van der Waals surface area contributed by atoms with Crippen LogP contribution in [0.2, 0.25) is 0 Å². The highest BCUT2D eigenvalue weighted by Crippen LogP contribution is 2.14. The lowest BCUT2D eigenvalue weighted by atomic mass is 10.1. The van der Waals surface area contributed by atoms with Crippen LogP contribution in [0.3, 0.4) is 0 Å². The number of benzene rings is 1. The van der Waals surface area contributed by atoms with Crippen molar-refractivity contribution in [2.45, 2.75) is 6.10 Å². The second-order valence-corrected chi connectivity index (χ2v) is 5.24. The van der Waals surface area contributed by atoms with Crippen LogP contribution in [-0.2, 0) is 4.74 Å². The highest BCUT2D eigenvalue weighted by Gasteiger charge is 2.18. The molecule has 5 heteroatoms. The van der Waals surface area contributed by atoms with Crippen molar-refractivity contribution < 1.29 is 9.53 Å². The summed E-state index contributed by atoms with van der Waals surface area (Å²) in [6, 6.07) is 7.66. The smallest absolute Gasteiger partial charge is 0.251 e. The second-order valence-electron chi connectivity index (χ2n) is 5.24. The third kappa shape index (κ3) is 2.84. The van der Waals surface area contributed by atoms with Crippen molar-refractivity contribution in [2.75, 3.05) is 33.3 Å². The maximum absolute atomic E-state index is 12.1. The van der Waals surface area contributed by atoms with Gasteiger partial charge in [-0.2, -0.15) is 0 Å². The normalized spacial score (nSPS) is 20.1. The summed E-state index contributed by atoms with van der Waals surface area (Å²) in [6.07, 6.45) is 1.95. The molecular weight excluding hydrogens is 254 g/mol. The van der Waals surface area contributed by atoms with E-state index in [1.54, 1.807) is 0 Å². The second kappa shape index (κ2) is 5.64. The molecule has 106 valence electrons. The number of rotatable bonds is 3. The Bertz CT molecular complexity index is 608. The van der Waals surface area contributed by atoms with E-state index in [1.807, 2.05) is 30.5 Å². The Kier molecular flexibility index (Phi) is 3.71. The van der Waals surface area contributed by atoms with Gasteiger partial charge in [-0.15, -0.1) is 0 Å². The number of nitrogens with one attached hydrogen (secondary N) is 2. The largest absolute Gasteiger partial charge is 0.374 e. The molecule has 1 atom stereocenters. The Labute approximate surface area is 117 Å². The molecule has 3 rings (SSSR count). The fourth-order valence-electron chi connectivity index (χ4n) is 2.49. The molecule has 2 aromatic rings. The summed E-state index contributed by atoms with van der Waals surface area (Å²) < 4.78 is 5.63. The van der Waals surface area contributed by atoms with Crippen molar-refractivity contribution in [3.05, 3.63) is 36.0 Å². The number of amides is 1. The van der Waals surface area contributed by atoms with Gasteiger partial charge < -0.3 is 19.9 Å². The molecule has 20 heavy (non-hydrogen) atoms. The zero-order chi connectivity index (χ0) is 13.9. The van der Waals surface area contributed by atoms with Gasteiger partial charge in [-0.25, -0.2) is 0 Å². The third-order valence-corrected chi connectivity index (χ3v) is 3.65. The number of fused-ring (bicyclic) bond motifs is 1. The zero-order valence-electron chi connectivity index (χ0n) is 11.6. The van der Waals surface area contributed by atoms with Crippen molar-refractivity contribution in [2.24, 2.45) is 0 Å². The molecular formula is C15H19N3O2. The van der Waals surface area contributed by atoms with Crippen LogP contribution in [0, 0.1) is 0 Å². The van der Waals surface area contributed by atoms with Crippen molar-refractivity contribution in [1.29, 1.82) is 0 Å². The Morgan fingerprint density at radius 2 is 2.40 bits per heavy atom. The number of aromatic amines is 1. The van der Waals surface area contributed by atoms with Gasteiger partial charge in [0.25, 0.3) is 5.91 Å². The van der Waals surface area contributed by atoms with Gasteiger partial charge >= 0.3 is 0 Å². The first-order valence-corrected chi connectivity index (χ1v) is 6.88. The summed E-state index contributed by atoms with van der Waals surface area (Å²) in [4.78, 5) is 17.5. The molecule has 1 saturated heterocycles. The average Bonchev–Trinajstić information content (AvgIpc) is 2.92. The molecule has 2 N–H and O–H groups in total. The number of aromatic nitrogens is 1. The molecule has 1 fully saturated rings. The van der Waals surface area contributed by atoms with Gasteiger partial charge in [0, 0.05) is 36.9 Å². The summed E-state index contributed by atoms with van der Waals surface area (Å²) in [5.41, 5.74) is 1.65. The Balaban J connectivity index is 1.60. The summed E-state index contributed by atoms with van der Waals surface area (Å²) in [6.45, 7) is 3.08. The van der Waals surface area contributed by atoms with E-state index < -0.39 is 0 Å². The lowest BCUT2D eigenvalue weighted by molar-refractivity contribution is -0.0175. The van der Waals surface area contributed by atoms with Gasteiger partial charge in [-0.05, 0) is 30.6 Å². The van der Waals surface area contributed by atoms with Crippen LogP contribution in [0.4, 0.5) is 0 Å². The molecule has 0 radical (unpaired) electrons. The molecule has 1 aromatic heterocycles. The van der Waals surface area contributed by atoms with Crippen LogP contribution in [0.25, 0.3) is 10.9 Å². The van der Waals surface area contributed by atoms with Crippen molar-refractivity contribution in [1.82, 2.24) is 15.2 Å². The average molecular weight is 273 g/mol. The first-order chi connectivity index (χ1) is 9.72. The van der Waals surface area contributed by atoms with Crippen molar-refractivity contribution in [3.63, 3.8) is 0 Å². The Morgan fingerprint density at radius 3 is 3.25 bits per heavy atom. The minimum atomic E-state index is -0.0571. The molecule has 1 aliphatic rings. The summed E-state index contributed by atoms with van der Waals surface area (Å²) in [7, 11) is 2.07. The minimum absolute atomic E-state index is 0.0571. The number of ether oxygens (including phenoxy) is 1. The number of carbonyl (C=O) groups excluding carboxylic acids is 1. The minimum Gasteiger partial charge on any atom is -0.374 e. The predicted molar refractivity (Wildman–Crippen MR) is 77.9 cm³/mol. The van der Waals surface area contributed by atoms with E-state index in [1.165, 1.54) is 0 Å². The van der Waals surface area contributed by atoms with E-state index in [4.69, 9.17) is 4.74 Å². The molecule has 0 aliphatic carbocycles. The van der Waals surface area contributed by atoms with Crippen LogP contribution < -0.4 is 5.32 Å². The van der Waals surface area contributed by atoms with Gasteiger partial charge in [-0.1, -0.05) is 6.07 Å². The Morgan fingerprint density at radius 1 is 1.50 bits per heavy atom. The van der Waals surface area contributed by atoms with E-state index in [0.29, 0.717) is 12.1 Å². The molecule has 1 amide bonds. The SMILES string of the molecule is CN1CCO[C@@H](CNC(=O)c2ccc3cc[nH]c3c2)C1. The van der Waals surface area contributed by atoms with Gasteiger partial charge in [0.05, 0.1) is 12.7 Å². The standard InChI is InChI=1S/C15H19N3O2/c1-18-6-7-20-13(10-18)9-17-15(19)12-3-2-11-4-5-16-14(11)8-12/h2-5,8,13,16H,6-7,9-10H2,1H3,(H,17,19)/t13-/m0/s1. The molecule has 0 unspecified atom stereocenters. The number of likely N-dealkylation sites (N-methyl/N-ethyl adjacent to an activating group) is 1. The summed E-state index contributed by atoms with van der Waals surface area (Å²) in [5, 5.41) is 4.05. The Hall–Kier alpha value is -1.85. The molecule has 2 heterocycles. The van der Waals surface area contributed by atoms with Crippen molar-refractivity contribution >= 4 is 16.8 Å². The fraction of sp³-hybridized carbons (Fsp3) is 0.400. The monoisotopic (exact) mass is 273 g/mol. The number of H-pyrrole nitrogens is 1. The molecule has 5 nitrogen and oxygen atoms in total. The molecule has 0 saturated carbocycles. The zero-order valence-corrected chi connectivity index (χ0v) is 11.6. The number of hydrogen-bond donors (Lipinski definition) is 2. The number of morpholine rings is 1. The van der Waals surface area contributed by atoms with E-state index in [9.17, 15) is 4.79 Å². The third-order valence-electron chi connectivity index (χ3n) is 3.65. The number of nitrogens with zero attached hydrogens (tertiary/aromatic N) is 1. The molecule has 1 aliphatic heterocycles. The summed E-state index contributed by atoms with van der Waals surface area (Å²) >= 11 is 0. The summed E-state index contributed by atoms with van der Waals surface area (Å²) in [5.74, 6) is -0.0571. The van der Waals surface area contributed by atoms with Crippen LogP contribution in [0.15, 0.2) is 30.5 Å². The van der Waals surface area contributed by atoms with E-state index in [2.05, 4.69) is 22.2 Å². The quantitative estimate of drug-likeness (QED) is 0.884. The van der Waals surface area contributed by atoms with E-state index in [-0.39, 0.29) is 12.0 Å². The predicted octanol–water partition coefficient (Wildman–Crippen LogP) is 1.23. The maximum Gasteiger partial charge on any atom is 0.251 e. The van der Waals surface area contributed by atoms with E-state index in [0.717, 1.165) is 30.6 Å². The first kappa shape index (κ1) is 13.1. The van der Waals surface area contributed by atoms with Gasteiger partial charge in [0.2, 0.25) is 0 Å². The number of carbonyl (C=O) groups is 1. The lowest BCUT2D eigenvalue weighted by Gasteiger charge is -2.30. The van der Waals surface area contributed by atoms with Crippen molar-refractivity contribution in [3.8, 4) is 0 Å². The van der Waals surface area contributed by atoms with Crippen LogP contribution in [0.5, 0.6) is 0 Å². The van der Waals surface area contributed by atoms with Gasteiger partial charge in [0.15, 0.2) is 0 Å². The fourth-order valence-corrected chi connectivity index (χ4v) is 2.49. The van der Waals surface area contributed by atoms with Gasteiger partial charge in [0.1, 0.15) is 0 Å². The first-order valence-electron chi connectivity index (χ1n) is 6.88. The molecule has 0 spiro atoms. The maximum atomic E-state index is 12.1. The highest BCUT2D eigenvalue weighted by atomic mass is 16.5. The highest BCUT2D eigenvalue weighted by molar-refractivity contribution is 5.97. The van der Waals surface area contributed by atoms with Crippen LogP contribution >= 0.6 is 0 Å². The van der Waals surface area contributed by atoms with E-state index >= 15 is 0 Å². The van der Waals surface area contributed by atoms with Crippen LogP contribution in [0.1, 0.15) is 10.4 Å². The van der Waals surface area contributed by atoms with Crippen LogP contribution in [-0.4, -0.2) is 55.2 Å². The lowest BCUT2D eigenvalue weighted by Crippen LogP contribution is -2.45.